The normalized spacial score (nSPS) is 11.6. The lowest BCUT2D eigenvalue weighted by Crippen LogP contribution is -2.34. The van der Waals surface area contributed by atoms with Crippen LogP contribution in [0.4, 0.5) is 0 Å². The van der Waals surface area contributed by atoms with Gasteiger partial charge in [-0.1, -0.05) is 13.8 Å². The van der Waals surface area contributed by atoms with Crippen LogP contribution >= 0.6 is 0 Å². The van der Waals surface area contributed by atoms with Gasteiger partial charge in [-0.2, -0.15) is 0 Å². The van der Waals surface area contributed by atoms with Gasteiger partial charge in [0.1, 0.15) is 5.60 Å². The van der Waals surface area contributed by atoms with Gasteiger partial charge in [-0.25, -0.2) is 0 Å². The molecule has 0 aromatic heterocycles. The van der Waals surface area contributed by atoms with Gasteiger partial charge in [0.05, 0.1) is 0 Å². The van der Waals surface area contributed by atoms with Crippen molar-refractivity contribution < 1.29 is 5.11 Å². The Bertz CT molecular complexity index is 105. The Labute approximate surface area is 56.4 Å². The number of hydrogen-bond donors (Lipinski definition) is 2. The second kappa shape index (κ2) is 2.97. The van der Waals surface area contributed by atoms with Gasteiger partial charge in [0.2, 0.25) is 0 Å². The third kappa shape index (κ3) is 1.79. The Morgan fingerprint density at radius 1 is 1.44 bits per heavy atom. The molecule has 0 fully saturated rings. The lowest BCUT2D eigenvalue weighted by molar-refractivity contribution is 0.102. The Morgan fingerprint density at radius 2 is 1.78 bits per heavy atom. The first-order valence-electron chi connectivity index (χ1n) is 3.34. The predicted molar refractivity (Wildman–Crippen MR) is 38.9 cm³/mol. The van der Waals surface area contributed by atoms with Gasteiger partial charge in [-0.15, -0.1) is 0 Å². The van der Waals surface area contributed by atoms with Crippen LogP contribution in [0.2, 0.25) is 0 Å². The summed E-state index contributed by atoms with van der Waals surface area (Å²) < 4.78 is 0. The van der Waals surface area contributed by atoms with Crippen molar-refractivity contribution in [1.82, 2.24) is 0 Å². The third-order valence-corrected chi connectivity index (χ3v) is 1.87. The van der Waals surface area contributed by atoms with Gasteiger partial charge >= 0.3 is 0 Å². The molecule has 0 saturated heterocycles. The molecule has 0 saturated carbocycles. The Kier molecular flexibility index (Phi) is 2.85. The fourth-order valence-corrected chi connectivity index (χ4v) is 0.780. The molecule has 0 aromatic carbocycles. The van der Waals surface area contributed by atoms with Gasteiger partial charge in [0.15, 0.2) is 0 Å². The highest BCUT2D eigenvalue weighted by Gasteiger charge is 2.23. The van der Waals surface area contributed by atoms with Crippen LogP contribution in [0.5, 0.6) is 0 Å². The highest BCUT2D eigenvalue weighted by atomic mass is 16.3. The van der Waals surface area contributed by atoms with E-state index in [0.29, 0.717) is 18.6 Å². The van der Waals surface area contributed by atoms with Gasteiger partial charge in [0.25, 0.3) is 0 Å². The molecule has 2 nitrogen and oxygen atoms in total. The maximum Gasteiger partial charge on any atom is 0.101 e. The number of aliphatic hydroxyl groups is 1. The van der Waals surface area contributed by atoms with E-state index in [9.17, 15) is 5.11 Å². The van der Waals surface area contributed by atoms with E-state index < -0.39 is 5.60 Å². The first kappa shape index (κ1) is 8.63. The molecule has 9 heavy (non-hydrogen) atoms. The largest absolute Gasteiger partial charge is 0.384 e. The average Bonchev–Trinajstić information content (AvgIpc) is 1.86. The zero-order valence-corrected chi connectivity index (χ0v) is 6.36. The van der Waals surface area contributed by atoms with Crippen LogP contribution in [-0.2, 0) is 0 Å². The minimum Gasteiger partial charge on any atom is -0.384 e. The van der Waals surface area contributed by atoms with Gasteiger partial charge in [-0.05, 0) is 19.8 Å². The van der Waals surface area contributed by atoms with Crippen LogP contribution in [0.3, 0.4) is 0 Å². The SMILES string of the molecule is CCC(O)(CC)C(C)=N. The molecule has 0 rings (SSSR count). The summed E-state index contributed by atoms with van der Waals surface area (Å²) in [4.78, 5) is 0. The molecule has 0 atom stereocenters. The molecule has 0 spiro atoms. The fourth-order valence-electron chi connectivity index (χ4n) is 0.780. The van der Waals surface area contributed by atoms with E-state index >= 15 is 0 Å². The average molecular weight is 129 g/mol. The molecule has 0 aliphatic rings. The number of nitrogens with one attached hydrogen (secondary N) is 1. The molecule has 0 aliphatic heterocycles. The molecule has 0 aromatic rings. The topological polar surface area (TPSA) is 44.1 Å². The van der Waals surface area contributed by atoms with Crippen molar-refractivity contribution in [3.05, 3.63) is 0 Å². The van der Waals surface area contributed by atoms with E-state index in [0.717, 1.165) is 0 Å². The van der Waals surface area contributed by atoms with Crippen LogP contribution in [-0.4, -0.2) is 16.4 Å². The maximum atomic E-state index is 9.48. The maximum absolute atomic E-state index is 9.48. The molecule has 2 N–H and O–H groups in total. The van der Waals surface area contributed by atoms with Crippen molar-refractivity contribution in [2.24, 2.45) is 0 Å². The molecule has 0 amide bonds. The summed E-state index contributed by atoms with van der Waals surface area (Å²) >= 11 is 0. The summed E-state index contributed by atoms with van der Waals surface area (Å²) in [6.45, 7) is 5.43. The molecule has 0 bridgehead atoms. The van der Waals surface area contributed by atoms with E-state index in [1.807, 2.05) is 13.8 Å². The minimum absolute atomic E-state index is 0.368. The van der Waals surface area contributed by atoms with E-state index in [1.54, 1.807) is 6.92 Å². The molecule has 54 valence electrons. The van der Waals surface area contributed by atoms with Gasteiger partial charge in [0, 0.05) is 5.71 Å². The van der Waals surface area contributed by atoms with Crippen LogP contribution in [0.1, 0.15) is 33.6 Å². The van der Waals surface area contributed by atoms with Crippen molar-refractivity contribution in [3.63, 3.8) is 0 Å². The van der Waals surface area contributed by atoms with Crippen LogP contribution in [0.15, 0.2) is 0 Å². The molecular weight excluding hydrogens is 114 g/mol. The summed E-state index contributed by atoms with van der Waals surface area (Å²) in [5, 5.41) is 16.7. The summed E-state index contributed by atoms with van der Waals surface area (Å²) in [6.07, 6.45) is 1.28. The summed E-state index contributed by atoms with van der Waals surface area (Å²) in [7, 11) is 0. The van der Waals surface area contributed by atoms with Gasteiger partial charge < -0.3 is 10.5 Å². The molecule has 0 heterocycles. The minimum atomic E-state index is -0.833. The summed E-state index contributed by atoms with van der Waals surface area (Å²) in [5.41, 5.74) is -0.465. The van der Waals surface area contributed by atoms with E-state index in [2.05, 4.69) is 0 Å². The molecule has 0 aliphatic carbocycles. The third-order valence-electron chi connectivity index (χ3n) is 1.87. The van der Waals surface area contributed by atoms with E-state index in [1.165, 1.54) is 0 Å². The second-order valence-electron chi connectivity index (χ2n) is 2.36. The highest BCUT2D eigenvalue weighted by molar-refractivity contribution is 5.87. The van der Waals surface area contributed by atoms with Crippen LogP contribution in [0, 0.1) is 5.41 Å². The smallest absolute Gasteiger partial charge is 0.101 e. The molecule has 0 unspecified atom stereocenters. The first-order valence-corrected chi connectivity index (χ1v) is 3.34. The quantitative estimate of drug-likeness (QED) is 0.558. The standard InChI is InChI=1S/C7H15NO/c1-4-7(9,5-2)6(3)8/h8-9H,4-5H2,1-3H3. The van der Waals surface area contributed by atoms with Crippen LogP contribution < -0.4 is 0 Å². The molecule has 0 radical (unpaired) electrons. The summed E-state index contributed by atoms with van der Waals surface area (Å²) in [6, 6.07) is 0. The zero-order valence-electron chi connectivity index (χ0n) is 6.36. The number of rotatable bonds is 3. The Balaban J connectivity index is 4.09. The fraction of sp³-hybridized carbons (Fsp3) is 0.857. The number of hydrogen-bond acceptors (Lipinski definition) is 2. The Morgan fingerprint density at radius 3 is 1.78 bits per heavy atom. The van der Waals surface area contributed by atoms with Crippen LogP contribution in [0.25, 0.3) is 0 Å². The Hall–Kier alpha value is -0.370. The van der Waals surface area contributed by atoms with Crippen molar-refractivity contribution in [2.45, 2.75) is 39.2 Å². The van der Waals surface area contributed by atoms with E-state index in [4.69, 9.17) is 5.41 Å². The lowest BCUT2D eigenvalue weighted by Gasteiger charge is -2.23. The monoisotopic (exact) mass is 129 g/mol. The molecular formula is C7H15NO. The lowest BCUT2D eigenvalue weighted by atomic mass is 9.93. The van der Waals surface area contributed by atoms with Crippen molar-refractivity contribution in [1.29, 1.82) is 5.41 Å². The predicted octanol–water partition coefficient (Wildman–Crippen LogP) is 1.58. The first-order chi connectivity index (χ1) is 4.06. The zero-order chi connectivity index (χ0) is 7.49. The van der Waals surface area contributed by atoms with Gasteiger partial charge in [-0.3, -0.25) is 0 Å². The summed E-state index contributed by atoms with van der Waals surface area (Å²) in [5.74, 6) is 0. The van der Waals surface area contributed by atoms with E-state index in [-0.39, 0.29) is 0 Å². The molecule has 2 heteroatoms. The van der Waals surface area contributed by atoms with Crippen molar-refractivity contribution in [3.8, 4) is 0 Å². The van der Waals surface area contributed by atoms with Crippen molar-refractivity contribution >= 4 is 5.71 Å². The second-order valence-corrected chi connectivity index (χ2v) is 2.36. The van der Waals surface area contributed by atoms with Crippen molar-refractivity contribution in [2.75, 3.05) is 0 Å². The highest BCUT2D eigenvalue weighted by Crippen LogP contribution is 2.14.